The first kappa shape index (κ1) is 31.2. The van der Waals surface area contributed by atoms with E-state index < -0.39 is 0 Å². The van der Waals surface area contributed by atoms with Crippen molar-refractivity contribution in [2.24, 2.45) is 0 Å². The van der Waals surface area contributed by atoms with Crippen molar-refractivity contribution in [3.05, 3.63) is 120 Å². The van der Waals surface area contributed by atoms with Crippen LogP contribution < -0.4 is 24.4 Å². The van der Waals surface area contributed by atoms with Crippen molar-refractivity contribution >= 4 is 11.4 Å². The fourth-order valence-corrected chi connectivity index (χ4v) is 6.50. The van der Waals surface area contributed by atoms with Gasteiger partial charge in [-0.15, -0.1) is 0 Å². The average Bonchev–Trinajstić information content (AvgIpc) is 3.11. The summed E-state index contributed by atoms with van der Waals surface area (Å²) in [6.45, 7) is 6.04. The Morgan fingerprint density at radius 3 is 2.17 bits per heavy atom. The minimum atomic E-state index is 0.225. The second-order valence-electron chi connectivity index (χ2n) is 12.1. The van der Waals surface area contributed by atoms with Gasteiger partial charge in [0.25, 0.3) is 0 Å². The van der Waals surface area contributed by atoms with Gasteiger partial charge in [-0.1, -0.05) is 30.3 Å². The summed E-state index contributed by atoms with van der Waals surface area (Å²) in [6, 6.07) is 29.9. The molecule has 6 rings (SSSR count). The van der Waals surface area contributed by atoms with E-state index in [9.17, 15) is 0 Å². The molecule has 1 N–H and O–H groups in total. The van der Waals surface area contributed by atoms with Gasteiger partial charge in [0, 0.05) is 67.0 Å². The Balaban J connectivity index is 1.17. The van der Waals surface area contributed by atoms with E-state index in [1.165, 1.54) is 16.8 Å². The summed E-state index contributed by atoms with van der Waals surface area (Å²) >= 11 is 0. The molecule has 0 bridgehead atoms. The van der Waals surface area contributed by atoms with Crippen LogP contribution in [0.5, 0.6) is 17.2 Å². The van der Waals surface area contributed by atoms with E-state index in [4.69, 9.17) is 14.2 Å². The lowest BCUT2D eigenvalue weighted by Crippen LogP contribution is -2.45. The number of nitrogens with one attached hydrogen (secondary N) is 1. The van der Waals surface area contributed by atoms with Crippen LogP contribution in [0.2, 0.25) is 0 Å². The molecule has 2 aliphatic heterocycles. The van der Waals surface area contributed by atoms with Crippen molar-refractivity contribution in [3.8, 4) is 28.5 Å². The van der Waals surface area contributed by atoms with Gasteiger partial charge in [0.05, 0.1) is 27.0 Å². The molecule has 4 aromatic rings. The number of anilines is 1. The van der Waals surface area contributed by atoms with E-state index in [2.05, 4.69) is 93.8 Å². The highest BCUT2D eigenvalue weighted by atomic mass is 16.5. The molecule has 3 aromatic carbocycles. The van der Waals surface area contributed by atoms with Crippen LogP contribution in [0, 0.1) is 0 Å². The smallest absolute Gasteiger partial charge is 0.119 e. The molecule has 0 spiro atoms. The molecule has 1 aromatic heterocycles. The fraction of sp³-hybridized carbons (Fsp3) is 0.308. The number of benzene rings is 3. The Labute approximate surface area is 273 Å². The van der Waals surface area contributed by atoms with Crippen molar-refractivity contribution in [2.45, 2.75) is 38.4 Å². The van der Waals surface area contributed by atoms with Gasteiger partial charge in [-0.2, -0.15) is 0 Å². The zero-order chi connectivity index (χ0) is 31.9. The van der Waals surface area contributed by atoms with Gasteiger partial charge in [0.1, 0.15) is 17.2 Å². The Morgan fingerprint density at radius 2 is 1.48 bits per heavy atom. The topological polar surface area (TPSA) is 59.1 Å². The lowest BCUT2D eigenvalue weighted by molar-refractivity contribution is 0.202. The number of nitrogens with zero attached hydrogens (tertiary/aromatic N) is 3. The van der Waals surface area contributed by atoms with E-state index >= 15 is 0 Å². The van der Waals surface area contributed by atoms with E-state index in [-0.39, 0.29) is 6.04 Å². The van der Waals surface area contributed by atoms with Crippen LogP contribution in [0.4, 0.5) is 5.69 Å². The number of pyridine rings is 1. The van der Waals surface area contributed by atoms with Crippen LogP contribution in [-0.4, -0.2) is 62.9 Å². The third-order valence-electron chi connectivity index (χ3n) is 8.91. The first-order chi connectivity index (χ1) is 22.5. The van der Waals surface area contributed by atoms with Gasteiger partial charge in [-0.25, -0.2) is 0 Å². The fourth-order valence-electron chi connectivity index (χ4n) is 6.50. The number of dihydropyridines is 1. The lowest BCUT2D eigenvalue weighted by Gasteiger charge is -2.40. The van der Waals surface area contributed by atoms with Gasteiger partial charge in [-0.05, 0) is 97.6 Å². The SMILES string of the molecule is COc1ccc(N(CC2=CC(C)NC(c3cccc(OC)c3)=C2)C2CCN(Cc3ccnc(-c4cccc(OC)c4)c3)CC2)cc1. The molecule has 1 atom stereocenters. The van der Waals surface area contributed by atoms with Crippen molar-refractivity contribution in [1.82, 2.24) is 15.2 Å². The van der Waals surface area contributed by atoms with Crippen LogP contribution in [0.25, 0.3) is 17.0 Å². The molecule has 1 unspecified atom stereocenters. The lowest BCUT2D eigenvalue weighted by atomic mass is 9.98. The van der Waals surface area contributed by atoms with E-state index in [1.54, 1.807) is 21.3 Å². The number of piperidine rings is 1. The Hall–Kier alpha value is -4.75. The van der Waals surface area contributed by atoms with Crippen LogP contribution in [0.3, 0.4) is 0 Å². The summed E-state index contributed by atoms with van der Waals surface area (Å²) < 4.78 is 16.4. The second kappa shape index (κ2) is 14.6. The van der Waals surface area contributed by atoms with Gasteiger partial charge in [0.15, 0.2) is 0 Å². The number of aromatic nitrogens is 1. The molecular weight excluding hydrogens is 572 g/mol. The minimum Gasteiger partial charge on any atom is -0.497 e. The third-order valence-corrected chi connectivity index (χ3v) is 8.91. The highest BCUT2D eigenvalue weighted by Gasteiger charge is 2.27. The molecule has 238 valence electrons. The van der Waals surface area contributed by atoms with Gasteiger partial charge in [0.2, 0.25) is 0 Å². The number of hydrogen-bond acceptors (Lipinski definition) is 7. The van der Waals surface area contributed by atoms with Gasteiger partial charge < -0.3 is 24.4 Å². The van der Waals surface area contributed by atoms with E-state index in [0.29, 0.717) is 6.04 Å². The van der Waals surface area contributed by atoms with Crippen molar-refractivity contribution in [2.75, 3.05) is 45.9 Å². The van der Waals surface area contributed by atoms with Crippen LogP contribution in [0.15, 0.2) is 109 Å². The molecule has 1 fully saturated rings. The predicted octanol–water partition coefficient (Wildman–Crippen LogP) is 7.20. The molecule has 0 aliphatic carbocycles. The largest absolute Gasteiger partial charge is 0.497 e. The summed E-state index contributed by atoms with van der Waals surface area (Å²) in [4.78, 5) is 9.80. The molecule has 0 saturated carbocycles. The molecular formula is C39H44N4O3. The van der Waals surface area contributed by atoms with E-state index in [0.717, 1.165) is 78.8 Å². The molecule has 46 heavy (non-hydrogen) atoms. The number of ether oxygens (including phenoxy) is 3. The van der Waals surface area contributed by atoms with Crippen LogP contribution in [-0.2, 0) is 6.54 Å². The summed E-state index contributed by atoms with van der Waals surface area (Å²) in [5, 5.41) is 3.65. The summed E-state index contributed by atoms with van der Waals surface area (Å²) in [6.07, 6.45) is 8.74. The highest BCUT2D eigenvalue weighted by molar-refractivity contribution is 5.70. The van der Waals surface area contributed by atoms with Crippen molar-refractivity contribution in [3.63, 3.8) is 0 Å². The summed E-state index contributed by atoms with van der Waals surface area (Å²) in [5.41, 5.74) is 8.11. The molecule has 0 radical (unpaired) electrons. The maximum absolute atomic E-state index is 5.50. The molecule has 3 heterocycles. The molecule has 2 aliphatic rings. The second-order valence-corrected chi connectivity index (χ2v) is 12.1. The van der Waals surface area contributed by atoms with Gasteiger partial charge in [-0.3, -0.25) is 9.88 Å². The first-order valence-corrected chi connectivity index (χ1v) is 16.1. The summed E-state index contributed by atoms with van der Waals surface area (Å²) in [7, 11) is 5.13. The maximum atomic E-state index is 5.50. The Morgan fingerprint density at radius 1 is 0.804 bits per heavy atom. The number of rotatable bonds is 11. The quantitative estimate of drug-likeness (QED) is 0.191. The number of likely N-dealkylation sites (tertiary alicyclic amines) is 1. The first-order valence-electron chi connectivity index (χ1n) is 16.1. The zero-order valence-corrected chi connectivity index (χ0v) is 27.3. The summed E-state index contributed by atoms with van der Waals surface area (Å²) in [5.74, 6) is 2.58. The minimum absolute atomic E-state index is 0.225. The van der Waals surface area contributed by atoms with Crippen LogP contribution in [0.1, 0.15) is 30.9 Å². The molecule has 0 amide bonds. The molecule has 7 nitrogen and oxygen atoms in total. The Bertz CT molecular complexity index is 1670. The monoisotopic (exact) mass is 616 g/mol. The number of methoxy groups -OCH3 is 3. The molecule has 1 saturated heterocycles. The van der Waals surface area contributed by atoms with Crippen molar-refractivity contribution < 1.29 is 14.2 Å². The van der Waals surface area contributed by atoms with Gasteiger partial charge >= 0.3 is 0 Å². The highest BCUT2D eigenvalue weighted by Crippen LogP contribution is 2.30. The zero-order valence-electron chi connectivity index (χ0n) is 27.3. The maximum Gasteiger partial charge on any atom is 0.119 e. The normalized spacial score (nSPS) is 17.0. The number of hydrogen-bond donors (Lipinski definition) is 1. The predicted molar refractivity (Wildman–Crippen MR) is 187 cm³/mol. The molecule has 7 heteroatoms. The van der Waals surface area contributed by atoms with Crippen LogP contribution >= 0.6 is 0 Å². The van der Waals surface area contributed by atoms with Crippen molar-refractivity contribution in [1.29, 1.82) is 0 Å². The standard InChI is InChI=1S/C39H44N4O3/c1-28-21-30(23-39(41-28)32-8-6-10-37(25-32)46-4)27-43(33-11-13-35(44-2)14-12-33)34-16-19-42(20-17-34)26-29-15-18-40-38(22-29)31-7-5-9-36(24-31)45-3/h5-15,18,21-25,28,34,41H,16-17,19-20,26-27H2,1-4H3. The third kappa shape index (κ3) is 7.54. The van der Waals surface area contributed by atoms with E-state index in [1.807, 2.05) is 36.5 Å². The average molecular weight is 617 g/mol. The Kier molecular flexibility index (Phi) is 9.89.